The summed E-state index contributed by atoms with van der Waals surface area (Å²) in [6.45, 7) is 3.15. The van der Waals surface area contributed by atoms with Crippen molar-refractivity contribution in [2.45, 2.75) is 18.2 Å². The number of amides is 1. The molecule has 0 aromatic heterocycles. The molecule has 6 nitrogen and oxygen atoms in total. The molecule has 0 spiro atoms. The second-order valence-electron chi connectivity index (χ2n) is 6.40. The minimum absolute atomic E-state index is 0.147. The van der Waals surface area contributed by atoms with Gasteiger partial charge in [-0.25, -0.2) is 13.1 Å². The number of benzene rings is 2. The molecule has 0 radical (unpaired) electrons. The molecule has 0 unspecified atom stereocenters. The van der Waals surface area contributed by atoms with E-state index in [1.54, 1.807) is 0 Å². The standard InChI is InChI=1S/C19H25N3O3S/c1-15-5-9-17(10-6-15)21-19(23)16-7-11-18(12-8-16)26(24,25)20-13-4-14-22(2)3/h5-12,20H,4,13-14H2,1-3H3,(H,21,23). The molecule has 7 heteroatoms. The summed E-state index contributed by atoms with van der Waals surface area (Å²) in [5.41, 5.74) is 2.20. The van der Waals surface area contributed by atoms with E-state index in [4.69, 9.17) is 0 Å². The third-order valence-electron chi connectivity index (χ3n) is 3.81. The van der Waals surface area contributed by atoms with E-state index in [9.17, 15) is 13.2 Å². The van der Waals surface area contributed by atoms with Crippen LogP contribution in [0.2, 0.25) is 0 Å². The Balaban J connectivity index is 1.98. The topological polar surface area (TPSA) is 78.5 Å². The zero-order valence-electron chi connectivity index (χ0n) is 15.3. The van der Waals surface area contributed by atoms with Gasteiger partial charge in [0.05, 0.1) is 4.90 Å². The fourth-order valence-electron chi connectivity index (χ4n) is 2.31. The summed E-state index contributed by atoms with van der Waals surface area (Å²) < 4.78 is 27.1. The van der Waals surface area contributed by atoms with Gasteiger partial charge in [-0.15, -0.1) is 0 Å². The van der Waals surface area contributed by atoms with E-state index in [0.717, 1.165) is 18.5 Å². The smallest absolute Gasteiger partial charge is 0.255 e. The van der Waals surface area contributed by atoms with Crippen molar-refractivity contribution in [2.24, 2.45) is 0 Å². The van der Waals surface area contributed by atoms with Gasteiger partial charge in [0.25, 0.3) is 5.91 Å². The van der Waals surface area contributed by atoms with Crippen LogP contribution in [-0.2, 0) is 10.0 Å². The maximum Gasteiger partial charge on any atom is 0.255 e. The van der Waals surface area contributed by atoms with E-state index in [1.807, 2.05) is 50.2 Å². The molecule has 2 N–H and O–H groups in total. The Kier molecular flexibility index (Phi) is 6.90. The van der Waals surface area contributed by atoms with Crippen molar-refractivity contribution in [1.82, 2.24) is 9.62 Å². The lowest BCUT2D eigenvalue weighted by atomic mass is 10.2. The van der Waals surface area contributed by atoms with Crippen molar-refractivity contribution < 1.29 is 13.2 Å². The third-order valence-corrected chi connectivity index (χ3v) is 5.29. The second-order valence-corrected chi connectivity index (χ2v) is 8.17. The van der Waals surface area contributed by atoms with Gasteiger partial charge in [-0.2, -0.15) is 0 Å². The molecule has 2 rings (SSSR count). The fraction of sp³-hybridized carbons (Fsp3) is 0.316. The van der Waals surface area contributed by atoms with Crippen molar-refractivity contribution in [1.29, 1.82) is 0 Å². The first kappa shape index (κ1) is 20.1. The molecule has 2 aromatic rings. The quantitative estimate of drug-likeness (QED) is 0.695. The van der Waals surface area contributed by atoms with Crippen molar-refractivity contribution in [2.75, 3.05) is 32.5 Å². The van der Waals surface area contributed by atoms with Crippen LogP contribution in [0.3, 0.4) is 0 Å². The van der Waals surface area contributed by atoms with Crippen LogP contribution in [0, 0.1) is 6.92 Å². The number of aryl methyl sites for hydroxylation is 1. The lowest BCUT2D eigenvalue weighted by Gasteiger charge is -2.11. The zero-order chi connectivity index (χ0) is 19.2. The van der Waals surface area contributed by atoms with Crippen LogP contribution in [0.5, 0.6) is 0 Å². The summed E-state index contributed by atoms with van der Waals surface area (Å²) in [7, 11) is 0.314. The molecule has 1 amide bonds. The summed E-state index contributed by atoms with van der Waals surface area (Å²) in [5, 5.41) is 2.79. The Hall–Kier alpha value is -2.22. The summed E-state index contributed by atoms with van der Waals surface area (Å²) in [6.07, 6.45) is 0.725. The van der Waals surface area contributed by atoms with E-state index >= 15 is 0 Å². The predicted octanol–water partition coefficient (Wildman–Crippen LogP) is 2.48. The van der Waals surface area contributed by atoms with Gasteiger partial charge in [0.1, 0.15) is 0 Å². The minimum atomic E-state index is -3.56. The Morgan fingerprint density at radius 2 is 1.62 bits per heavy atom. The first-order valence-corrected chi connectivity index (χ1v) is 9.89. The van der Waals surface area contributed by atoms with Crippen molar-refractivity contribution in [3.63, 3.8) is 0 Å². The minimum Gasteiger partial charge on any atom is -0.322 e. The van der Waals surface area contributed by atoms with Gasteiger partial charge in [-0.3, -0.25) is 4.79 Å². The van der Waals surface area contributed by atoms with Crippen molar-refractivity contribution in [3.8, 4) is 0 Å². The van der Waals surface area contributed by atoms with Crippen molar-refractivity contribution in [3.05, 3.63) is 59.7 Å². The van der Waals surface area contributed by atoms with Gasteiger partial charge < -0.3 is 10.2 Å². The van der Waals surface area contributed by atoms with E-state index in [-0.39, 0.29) is 10.8 Å². The van der Waals surface area contributed by atoms with Crippen LogP contribution in [0.15, 0.2) is 53.4 Å². The molecular weight excluding hydrogens is 350 g/mol. The highest BCUT2D eigenvalue weighted by molar-refractivity contribution is 7.89. The second kappa shape index (κ2) is 8.93. The van der Waals surface area contributed by atoms with Crippen LogP contribution < -0.4 is 10.0 Å². The Bertz CT molecular complexity index is 829. The van der Waals surface area contributed by atoms with Gasteiger partial charge in [0.15, 0.2) is 0 Å². The van der Waals surface area contributed by atoms with Crippen LogP contribution in [0.1, 0.15) is 22.3 Å². The lowest BCUT2D eigenvalue weighted by Crippen LogP contribution is -2.27. The van der Waals surface area contributed by atoms with E-state index < -0.39 is 10.0 Å². The SMILES string of the molecule is Cc1ccc(NC(=O)c2ccc(S(=O)(=O)NCCCN(C)C)cc2)cc1. The van der Waals surface area contributed by atoms with Gasteiger partial charge >= 0.3 is 0 Å². The van der Waals surface area contributed by atoms with E-state index in [2.05, 4.69) is 10.0 Å². The molecule has 0 heterocycles. The van der Waals surface area contributed by atoms with Gasteiger partial charge in [-0.05, 0) is 70.4 Å². The largest absolute Gasteiger partial charge is 0.322 e. The zero-order valence-corrected chi connectivity index (χ0v) is 16.1. The highest BCUT2D eigenvalue weighted by Crippen LogP contribution is 2.14. The fourth-order valence-corrected chi connectivity index (χ4v) is 3.38. The first-order chi connectivity index (χ1) is 12.3. The Morgan fingerprint density at radius 1 is 1.00 bits per heavy atom. The molecule has 0 fully saturated rings. The van der Waals surface area contributed by atoms with E-state index in [1.165, 1.54) is 24.3 Å². The van der Waals surface area contributed by atoms with Crippen molar-refractivity contribution >= 4 is 21.6 Å². The monoisotopic (exact) mass is 375 g/mol. The maximum absolute atomic E-state index is 12.3. The van der Waals surface area contributed by atoms with Gasteiger partial charge in [0, 0.05) is 17.8 Å². The lowest BCUT2D eigenvalue weighted by molar-refractivity contribution is 0.102. The first-order valence-electron chi connectivity index (χ1n) is 8.40. The number of rotatable bonds is 8. The van der Waals surface area contributed by atoms with Crippen LogP contribution in [0.25, 0.3) is 0 Å². The average molecular weight is 375 g/mol. The normalized spacial score (nSPS) is 11.5. The molecule has 0 aliphatic rings. The molecule has 26 heavy (non-hydrogen) atoms. The molecule has 0 atom stereocenters. The number of anilines is 1. The molecular formula is C19H25N3O3S. The highest BCUT2D eigenvalue weighted by Gasteiger charge is 2.14. The molecule has 0 bridgehead atoms. The van der Waals surface area contributed by atoms with Crippen LogP contribution in [0.4, 0.5) is 5.69 Å². The molecule has 0 saturated heterocycles. The Labute approximate surface area is 155 Å². The third kappa shape index (κ3) is 5.94. The highest BCUT2D eigenvalue weighted by atomic mass is 32.2. The summed E-state index contributed by atoms with van der Waals surface area (Å²) in [4.78, 5) is 14.4. The summed E-state index contributed by atoms with van der Waals surface area (Å²) >= 11 is 0. The van der Waals surface area contributed by atoms with Crippen LogP contribution in [-0.4, -0.2) is 46.4 Å². The number of carbonyl (C=O) groups excluding carboxylic acids is 1. The van der Waals surface area contributed by atoms with Crippen LogP contribution >= 0.6 is 0 Å². The predicted molar refractivity (Wildman–Crippen MR) is 104 cm³/mol. The molecule has 0 aliphatic heterocycles. The molecule has 0 aliphatic carbocycles. The maximum atomic E-state index is 12.3. The number of carbonyl (C=O) groups is 1. The van der Waals surface area contributed by atoms with Gasteiger partial charge in [0.2, 0.25) is 10.0 Å². The molecule has 140 valence electrons. The van der Waals surface area contributed by atoms with Gasteiger partial charge in [-0.1, -0.05) is 17.7 Å². The Morgan fingerprint density at radius 3 is 2.19 bits per heavy atom. The average Bonchev–Trinajstić information content (AvgIpc) is 2.61. The summed E-state index contributed by atoms with van der Waals surface area (Å²) in [5.74, 6) is -0.281. The number of sulfonamides is 1. The molecule has 0 saturated carbocycles. The van der Waals surface area contributed by atoms with E-state index in [0.29, 0.717) is 17.8 Å². The summed E-state index contributed by atoms with van der Waals surface area (Å²) in [6, 6.07) is 13.4. The number of nitrogens with one attached hydrogen (secondary N) is 2. The number of hydrogen-bond acceptors (Lipinski definition) is 4. The number of hydrogen-bond donors (Lipinski definition) is 2. The molecule has 2 aromatic carbocycles. The number of nitrogens with zero attached hydrogens (tertiary/aromatic N) is 1.